The topological polar surface area (TPSA) is 67.1 Å². The van der Waals surface area contributed by atoms with Crippen LogP contribution in [0.4, 0.5) is 0 Å². The largest absolute Gasteiger partial charge is 0.541 e. The number of aryl methyl sites for hydroxylation is 2. The van der Waals surface area contributed by atoms with Crippen molar-refractivity contribution in [1.29, 1.82) is 0 Å². The normalized spacial score (nSPS) is 18.0. The molecular weight excluding hydrogens is 527 g/mol. The van der Waals surface area contributed by atoms with Crippen LogP contribution in [0.2, 0.25) is 18.1 Å². The van der Waals surface area contributed by atoms with Gasteiger partial charge in [0.2, 0.25) is 0 Å². The predicted octanol–water partition coefficient (Wildman–Crippen LogP) is 6.86. The SMILES string of the molecule is Cc1c2ccc3c(c2c(O[Si](C)(C)C(C)(C)C)c2occ(C(CC=O)OP)c12)CCC31OCCO1.[Ti]. The Labute approximate surface area is 231 Å². The van der Waals surface area contributed by atoms with E-state index in [1.807, 2.05) is 0 Å². The van der Waals surface area contributed by atoms with Gasteiger partial charge >= 0.3 is 0 Å². The third kappa shape index (κ3) is 4.25. The van der Waals surface area contributed by atoms with Crippen LogP contribution in [0.3, 0.4) is 0 Å². The summed E-state index contributed by atoms with van der Waals surface area (Å²) in [5.41, 5.74) is 4.99. The molecule has 5 rings (SSSR count). The first-order valence-electron chi connectivity index (χ1n) is 12.3. The Kier molecular flexibility index (Phi) is 7.71. The molecule has 2 aliphatic rings. The van der Waals surface area contributed by atoms with Crippen LogP contribution < -0.4 is 4.43 Å². The Morgan fingerprint density at radius 1 is 1.19 bits per heavy atom. The van der Waals surface area contributed by atoms with Gasteiger partial charge < -0.3 is 27.6 Å². The molecule has 1 saturated heterocycles. The molecule has 192 valence electrons. The summed E-state index contributed by atoms with van der Waals surface area (Å²) in [6.45, 7) is 14.6. The van der Waals surface area contributed by atoms with E-state index in [9.17, 15) is 4.79 Å². The van der Waals surface area contributed by atoms with Crippen LogP contribution in [-0.2, 0) is 52.7 Å². The summed E-state index contributed by atoms with van der Waals surface area (Å²) in [6, 6.07) is 4.31. The van der Waals surface area contributed by atoms with Crippen LogP contribution in [0, 0.1) is 6.92 Å². The number of hydrogen-bond acceptors (Lipinski definition) is 6. The molecule has 2 unspecified atom stereocenters. The fraction of sp³-hybridized carbons (Fsp3) is 0.519. The Balaban J connectivity index is 0.00000304. The van der Waals surface area contributed by atoms with Crippen molar-refractivity contribution in [3.8, 4) is 5.75 Å². The first kappa shape index (κ1) is 28.0. The van der Waals surface area contributed by atoms with E-state index in [-0.39, 0.29) is 33.2 Å². The Morgan fingerprint density at radius 3 is 2.50 bits per heavy atom. The summed E-state index contributed by atoms with van der Waals surface area (Å²) in [5.74, 6) is 0.135. The van der Waals surface area contributed by atoms with Crippen LogP contribution >= 0.6 is 9.47 Å². The zero-order valence-electron chi connectivity index (χ0n) is 21.9. The van der Waals surface area contributed by atoms with E-state index in [0.717, 1.165) is 63.3 Å². The van der Waals surface area contributed by atoms with E-state index in [4.69, 9.17) is 22.8 Å². The van der Waals surface area contributed by atoms with Gasteiger partial charge in [-0.05, 0) is 48.0 Å². The second kappa shape index (κ2) is 9.92. The fourth-order valence-electron chi connectivity index (χ4n) is 5.27. The molecule has 0 amide bonds. The van der Waals surface area contributed by atoms with E-state index in [1.54, 1.807) is 6.26 Å². The number of rotatable bonds is 6. The molecule has 2 aromatic carbocycles. The Morgan fingerprint density at radius 2 is 1.89 bits per heavy atom. The third-order valence-corrected chi connectivity index (χ3v) is 12.9. The molecule has 36 heavy (non-hydrogen) atoms. The van der Waals surface area contributed by atoms with Crippen molar-refractivity contribution in [3.63, 3.8) is 0 Å². The van der Waals surface area contributed by atoms with Crippen molar-refractivity contribution < 1.29 is 49.4 Å². The van der Waals surface area contributed by atoms with Crippen molar-refractivity contribution in [2.24, 2.45) is 0 Å². The standard InChI is InChI=1S/C27H35O6PSi.Ti/c1-16-17-7-8-20-18(9-11-27(20)30-13-14-31-27)23(17)25(33-35(5,6)26(2,3)4)24-22(16)19(15-29-24)21(32-34)10-12-28;/h7-8,12,15,21H,9-11,13-14,34H2,1-6H3;. The maximum atomic E-state index is 11.4. The first-order valence-corrected chi connectivity index (χ1v) is 15.7. The molecule has 2 atom stereocenters. The van der Waals surface area contributed by atoms with E-state index in [0.29, 0.717) is 13.2 Å². The molecule has 0 saturated carbocycles. The summed E-state index contributed by atoms with van der Waals surface area (Å²) >= 11 is 0. The molecule has 1 aromatic heterocycles. The number of carbonyl (C=O) groups excluding carboxylic acids is 1. The zero-order chi connectivity index (χ0) is 25.2. The second-order valence-corrected chi connectivity index (χ2v) is 16.2. The minimum absolute atomic E-state index is 0. The predicted molar refractivity (Wildman–Crippen MR) is 142 cm³/mol. The first-order chi connectivity index (χ1) is 16.5. The molecule has 0 N–H and O–H groups in total. The smallest absolute Gasteiger partial charge is 0.250 e. The number of ether oxygens (including phenoxy) is 2. The molecule has 3 aromatic rings. The third-order valence-electron chi connectivity index (χ3n) is 8.20. The van der Waals surface area contributed by atoms with Gasteiger partial charge in [0.1, 0.15) is 6.29 Å². The van der Waals surface area contributed by atoms with Crippen molar-refractivity contribution >= 4 is 45.8 Å². The minimum atomic E-state index is -2.23. The molecule has 2 heterocycles. The molecule has 0 bridgehead atoms. The molecule has 1 fully saturated rings. The Bertz CT molecular complexity index is 1310. The quantitative estimate of drug-likeness (QED) is 0.186. The van der Waals surface area contributed by atoms with Crippen LogP contribution in [0.15, 0.2) is 22.8 Å². The van der Waals surface area contributed by atoms with Crippen LogP contribution in [0.25, 0.3) is 21.7 Å². The molecule has 1 spiro atoms. The zero-order valence-corrected chi connectivity index (χ0v) is 25.7. The van der Waals surface area contributed by atoms with Gasteiger partial charge in [-0.15, -0.1) is 0 Å². The Hall–Kier alpha value is -1.05. The van der Waals surface area contributed by atoms with E-state index >= 15 is 0 Å². The average molecular weight is 562 g/mol. The number of hydrogen-bond donors (Lipinski definition) is 0. The van der Waals surface area contributed by atoms with Crippen LogP contribution in [0.1, 0.15) is 62.0 Å². The van der Waals surface area contributed by atoms with E-state index < -0.39 is 20.2 Å². The van der Waals surface area contributed by atoms with Gasteiger partial charge in [0.05, 0.1) is 25.6 Å². The van der Waals surface area contributed by atoms with Gasteiger partial charge in [-0.1, -0.05) is 32.9 Å². The van der Waals surface area contributed by atoms with Crippen LogP contribution in [-0.4, -0.2) is 27.8 Å². The summed E-state index contributed by atoms with van der Waals surface area (Å²) in [4.78, 5) is 11.4. The molecule has 6 nitrogen and oxygen atoms in total. The minimum Gasteiger partial charge on any atom is -0.541 e. The van der Waals surface area contributed by atoms with Crippen molar-refractivity contribution in [3.05, 3.63) is 40.6 Å². The second-order valence-electron chi connectivity index (χ2n) is 11.2. The molecule has 1 aliphatic heterocycles. The summed E-state index contributed by atoms with van der Waals surface area (Å²) in [6.07, 6.45) is 4.08. The number of furan rings is 1. The molecule has 1 aliphatic carbocycles. The van der Waals surface area contributed by atoms with E-state index in [2.05, 4.69) is 62.4 Å². The fourth-order valence-corrected chi connectivity index (χ4v) is 6.54. The molecule has 0 radical (unpaired) electrons. The van der Waals surface area contributed by atoms with Crippen molar-refractivity contribution in [2.45, 2.75) is 77.0 Å². The summed E-state index contributed by atoms with van der Waals surface area (Å²) < 4.78 is 31.2. The van der Waals surface area contributed by atoms with Gasteiger partial charge in [-0.2, -0.15) is 0 Å². The van der Waals surface area contributed by atoms with Crippen molar-refractivity contribution in [1.82, 2.24) is 0 Å². The van der Waals surface area contributed by atoms with Gasteiger partial charge in [-0.25, -0.2) is 0 Å². The van der Waals surface area contributed by atoms with Gasteiger partial charge in [0, 0.05) is 65.9 Å². The average Bonchev–Trinajstić information content (AvgIpc) is 3.54. The maximum absolute atomic E-state index is 11.4. The van der Waals surface area contributed by atoms with Crippen molar-refractivity contribution in [2.75, 3.05) is 13.2 Å². The van der Waals surface area contributed by atoms with Gasteiger partial charge in [-0.3, -0.25) is 0 Å². The van der Waals surface area contributed by atoms with Crippen LogP contribution in [0.5, 0.6) is 5.75 Å². The number of aldehydes is 1. The summed E-state index contributed by atoms with van der Waals surface area (Å²) in [7, 11) is 0.0635. The number of carbonyl (C=O) groups is 1. The van der Waals surface area contributed by atoms with Gasteiger partial charge in [0.15, 0.2) is 17.1 Å². The molecule has 9 heteroatoms. The number of benzene rings is 2. The maximum Gasteiger partial charge on any atom is 0.250 e. The number of fused-ring (bicyclic) bond motifs is 5. The van der Waals surface area contributed by atoms with E-state index in [1.165, 1.54) is 5.56 Å². The van der Waals surface area contributed by atoms with Gasteiger partial charge in [0.25, 0.3) is 8.32 Å². The summed E-state index contributed by atoms with van der Waals surface area (Å²) in [5, 5.41) is 3.18. The monoisotopic (exact) mass is 562 g/mol. The molecular formula is C27H35O6PSiTi.